The molecule has 96 valence electrons. The van der Waals surface area contributed by atoms with Crippen LogP contribution in [0.4, 0.5) is 0 Å². The molecule has 5 heteroatoms. The van der Waals surface area contributed by atoms with Gasteiger partial charge in [0.05, 0.1) is 5.54 Å². The molecule has 0 spiro atoms. The molecular weight excluding hydrogens is 238 g/mol. The smallest absolute Gasteiger partial charge is 0.250 e. The van der Waals surface area contributed by atoms with E-state index < -0.39 is 0 Å². The molecule has 0 amide bonds. The fourth-order valence-electron chi connectivity index (χ4n) is 1.91. The number of hydrogen-bond donors (Lipinski definition) is 1. The second-order valence-electron chi connectivity index (χ2n) is 4.48. The van der Waals surface area contributed by atoms with Crippen LogP contribution in [0.2, 0.25) is 0 Å². The van der Waals surface area contributed by atoms with E-state index in [1.807, 2.05) is 6.08 Å². The third-order valence-electron chi connectivity index (χ3n) is 3.37. The standard InChI is InChI=1S/C12H19N3O.ClH/c1-3-9(4-2)8-10-14-11(15-16-10)12(13)6-5-7-12;/h8H,3-7,13H2,1-2H3;1H. The highest BCUT2D eigenvalue weighted by Gasteiger charge is 2.38. The average molecular weight is 258 g/mol. The molecule has 1 heterocycles. The van der Waals surface area contributed by atoms with Crippen molar-refractivity contribution in [1.82, 2.24) is 10.1 Å². The molecule has 1 aliphatic rings. The Kier molecular flexibility index (Phi) is 4.71. The molecule has 2 rings (SSSR count). The molecule has 1 saturated carbocycles. The molecule has 17 heavy (non-hydrogen) atoms. The molecule has 1 aromatic rings. The summed E-state index contributed by atoms with van der Waals surface area (Å²) >= 11 is 0. The van der Waals surface area contributed by atoms with Crippen LogP contribution in [0.5, 0.6) is 0 Å². The number of aromatic nitrogens is 2. The molecular formula is C12H20ClN3O. The van der Waals surface area contributed by atoms with Gasteiger partial charge in [-0.25, -0.2) is 0 Å². The third kappa shape index (κ3) is 2.87. The molecule has 1 aromatic heterocycles. The predicted molar refractivity (Wildman–Crippen MR) is 69.8 cm³/mol. The molecule has 0 unspecified atom stereocenters. The highest BCUT2D eigenvalue weighted by molar-refractivity contribution is 5.85. The molecule has 1 aliphatic carbocycles. The van der Waals surface area contributed by atoms with Crippen molar-refractivity contribution in [2.75, 3.05) is 0 Å². The number of nitrogens with zero attached hydrogens (tertiary/aromatic N) is 2. The Morgan fingerprint density at radius 1 is 1.41 bits per heavy atom. The summed E-state index contributed by atoms with van der Waals surface area (Å²) in [6.07, 6.45) is 7.09. The van der Waals surface area contributed by atoms with E-state index in [2.05, 4.69) is 24.0 Å². The first-order valence-electron chi connectivity index (χ1n) is 6.00. The van der Waals surface area contributed by atoms with Gasteiger partial charge in [-0.3, -0.25) is 0 Å². The summed E-state index contributed by atoms with van der Waals surface area (Å²) in [4.78, 5) is 4.36. The van der Waals surface area contributed by atoms with E-state index in [1.54, 1.807) is 0 Å². The molecule has 0 bridgehead atoms. The van der Waals surface area contributed by atoms with E-state index in [4.69, 9.17) is 10.3 Å². The molecule has 2 N–H and O–H groups in total. The van der Waals surface area contributed by atoms with Crippen LogP contribution < -0.4 is 5.73 Å². The highest BCUT2D eigenvalue weighted by atomic mass is 35.5. The number of rotatable bonds is 4. The number of allylic oxidation sites excluding steroid dienone is 1. The van der Waals surface area contributed by atoms with Crippen molar-refractivity contribution < 1.29 is 4.52 Å². The molecule has 1 fully saturated rings. The van der Waals surface area contributed by atoms with Crippen molar-refractivity contribution >= 4 is 18.5 Å². The zero-order valence-corrected chi connectivity index (χ0v) is 11.2. The summed E-state index contributed by atoms with van der Waals surface area (Å²) < 4.78 is 5.20. The molecule has 0 aliphatic heterocycles. The second kappa shape index (κ2) is 5.65. The zero-order chi connectivity index (χ0) is 11.6. The van der Waals surface area contributed by atoms with Gasteiger partial charge < -0.3 is 10.3 Å². The summed E-state index contributed by atoms with van der Waals surface area (Å²) in [7, 11) is 0. The second-order valence-corrected chi connectivity index (χ2v) is 4.48. The van der Waals surface area contributed by atoms with Crippen molar-refractivity contribution in [2.24, 2.45) is 5.73 Å². The first-order valence-corrected chi connectivity index (χ1v) is 6.00. The topological polar surface area (TPSA) is 64.9 Å². The van der Waals surface area contributed by atoms with E-state index in [-0.39, 0.29) is 17.9 Å². The van der Waals surface area contributed by atoms with E-state index in [0.717, 1.165) is 32.1 Å². The summed E-state index contributed by atoms with van der Waals surface area (Å²) in [6.45, 7) is 4.26. The monoisotopic (exact) mass is 257 g/mol. The Morgan fingerprint density at radius 3 is 2.53 bits per heavy atom. The molecule has 0 aromatic carbocycles. The minimum Gasteiger partial charge on any atom is -0.335 e. The maximum atomic E-state index is 6.13. The molecule has 0 atom stereocenters. The van der Waals surface area contributed by atoms with Crippen molar-refractivity contribution in [3.05, 3.63) is 17.3 Å². The maximum Gasteiger partial charge on any atom is 0.250 e. The Morgan fingerprint density at radius 2 is 2.06 bits per heavy atom. The van der Waals surface area contributed by atoms with Crippen molar-refractivity contribution in [3.63, 3.8) is 0 Å². The Labute approximate surface area is 108 Å². The van der Waals surface area contributed by atoms with E-state index >= 15 is 0 Å². The Balaban J connectivity index is 0.00000144. The Hall–Kier alpha value is -0.870. The average Bonchev–Trinajstić information content (AvgIpc) is 2.71. The van der Waals surface area contributed by atoms with Gasteiger partial charge in [0.2, 0.25) is 0 Å². The quantitative estimate of drug-likeness (QED) is 0.900. The van der Waals surface area contributed by atoms with Gasteiger partial charge in [-0.15, -0.1) is 12.4 Å². The fraction of sp³-hybridized carbons (Fsp3) is 0.667. The molecule has 0 radical (unpaired) electrons. The van der Waals surface area contributed by atoms with Gasteiger partial charge in [0.1, 0.15) is 0 Å². The SMILES string of the molecule is CCC(=Cc1nc(C2(N)CCC2)no1)CC.Cl. The lowest BCUT2D eigenvalue weighted by Crippen LogP contribution is -2.44. The van der Waals surface area contributed by atoms with E-state index in [0.29, 0.717) is 11.7 Å². The van der Waals surface area contributed by atoms with Gasteiger partial charge in [0.25, 0.3) is 5.89 Å². The number of nitrogens with two attached hydrogens (primary N) is 1. The zero-order valence-electron chi connectivity index (χ0n) is 10.4. The van der Waals surface area contributed by atoms with Gasteiger partial charge in [-0.05, 0) is 32.1 Å². The first kappa shape index (κ1) is 14.2. The van der Waals surface area contributed by atoms with Crippen LogP contribution in [0.3, 0.4) is 0 Å². The lowest BCUT2D eigenvalue weighted by molar-refractivity contribution is 0.229. The minimum atomic E-state index is -0.325. The summed E-state index contributed by atoms with van der Waals surface area (Å²) in [6, 6.07) is 0. The fourth-order valence-corrected chi connectivity index (χ4v) is 1.91. The lowest BCUT2D eigenvalue weighted by atomic mass is 9.77. The van der Waals surface area contributed by atoms with Gasteiger partial charge in [-0.1, -0.05) is 24.6 Å². The summed E-state index contributed by atoms with van der Waals surface area (Å²) in [5.74, 6) is 1.25. The van der Waals surface area contributed by atoms with Crippen molar-refractivity contribution in [2.45, 2.75) is 51.5 Å². The maximum absolute atomic E-state index is 6.13. The van der Waals surface area contributed by atoms with Crippen LogP contribution in [-0.2, 0) is 5.54 Å². The van der Waals surface area contributed by atoms with Crippen LogP contribution in [-0.4, -0.2) is 10.1 Å². The van der Waals surface area contributed by atoms with Gasteiger partial charge in [0, 0.05) is 6.08 Å². The Bertz CT molecular complexity index is 390. The highest BCUT2D eigenvalue weighted by Crippen LogP contribution is 2.36. The summed E-state index contributed by atoms with van der Waals surface area (Å²) in [5.41, 5.74) is 7.12. The predicted octanol–water partition coefficient (Wildman–Crippen LogP) is 3.03. The van der Waals surface area contributed by atoms with Crippen LogP contribution in [0.25, 0.3) is 6.08 Å². The number of halogens is 1. The van der Waals surface area contributed by atoms with Crippen LogP contribution >= 0.6 is 12.4 Å². The minimum absolute atomic E-state index is 0. The van der Waals surface area contributed by atoms with Crippen LogP contribution in [0, 0.1) is 0 Å². The van der Waals surface area contributed by atoms with E-state index in [9.17, 15) is 0 Å². The number of hydrogen-bond acceptors (Lipinski definition) is 4. The molecule has 0 saturated heterocycles. The normalized spacial score (nSPS) is 16.9. The van der Waals surface area contributed by atoms with Crippen LogP contribution in [0.15, 0.2) is 10.1 Å². The molecule has 4 nitrogen and oxygen atoms in total. The summed E-state index contributed by atoms with van der Waals surface area (Å²) in [5, 5.41) is 3.98. The van der Waals surface area contributed by atoms with Gasteiger partial charge in [0.15, 0.2) is 5.82 Å². The van der Waals surface area contributed by atoms with Crippen molar-refractivity contribution in [3.8, 4) is 0 Å². The van der Waals surface area contributed by atoms with Crippen LogP contribution in [0.1, 0.15) is 57.7 Å². The largest absolute Gasteiger partial charge is 0.335 e. The van der Waals surface area contributed by atoms with Gasteiger partial charge >= 0.3 is 0 Å². The third-order valence-corrected chi connectivity index (χ3v) is 3.37. The first-order chi connectivity index (χ1) is 7.68. The van der Waals surface area contributed by atoms with Gasteiger partial charge in [-0.2, -0.15) is 4.98 Å². The lowest BCUT2D eigenvalue weighted by Gasteiger charge is -2.34. The van der Waals surface area contributed by atoms with E-state index in [1.165, 1.54) is 5.57 Å². The van der Waals surface area contributed by atoms with Crippen molar-refractivity contribution in [1.29, 1.82) is 0 Å².